The van der Waals surface area contributed by atoms with Crippen molar-refractivity contribution in [3.63, 3.8) is 0 Å². The average molecular weight is 476 g/mol. The first-order chi connectivity index (χ1) is 15.0. The van der Waals surface area contributed by atoms with Crippen LogP contribution in [0, 0.1) is 26.2 Å². The molecule has 0 saturated heterocycles. The lowest BCUT2D eigenvalue weighted by Crippen LogP contribution is -2.57. The molecular formula is C25H34ClN3O4. The lowest BCUT2D eigenvalue weighted by molar-refractivity contribution is -0.166. The normalized spacial score (nSPS) is 18.8. The molecule has 2 atom stereocenters. The second kappa shape index (κ2) is 9.51. The Labute approximate surface area is 201 Å². The van der Waals surface area contributed by atoms with Crippen molar-refractivity contribution in [2.45, 2.75) is 65.9 Å². The Morgan fingerprint density at radius 1 is 1.15 bits per heavy atom. The highest BCUT2D eigenvalue weighted by Crippen LogP contribution is 2.51. The van der Waals surface area contributed by atoms with Crippen LogP contribution in [0.5, 0.6) is 11.5 Å². The first kappa shape index (κ1) is 26.3. The summed E-state index contributed by atoms with van der Waals surface area (Å²) in [4.78, 5) is 16.8. The molecule has 0 spiro atoms. The van der Waals surface area contributed by atoms with E-state index in [1.165, 1.54) is 0 Å². The van der Waals surface area contributed by atoms with Crippen LogP contribution in [-0.4, -0.2) is 27.7 Å². The predicted octanol–water partition coefficient (Wildman–Crippen LogP) is 4.45. The number of phenolic OH excluding ortho intramolecular Hbond substituents is 1. The molecule has 0 amide bonds. The van der Waals surface area contributed by atoms with E-state index in [4.69, 9.17) is 16.2 Å². The zero-order valence-electron chi connectivity index (χ0n) is 19.9. The highest BCUT2D eigenvalue weighted by Gasteiger charge is 2.56. The molecule has 0 radical (unpaired) electrons. The van der Waals surface area contributed by atoms with Gasteiger partial charge in [0.15, 0.2) is 5.96 Å². The Kier molecular flexibility index (Phi) is 7.59. The minimum absolute atomic E-state index is 0. The SMILES string of the molecule is CCC(Cc1ccc(N=C(N)N)cc1)(C(=O)O)C1(C)CCc2c(C)c(O)c(C)c(C)c2O1.Cl. The molecule has 1 heterocycles. The van der Waals surface area contributed by atoms with Gasteiger partial charge in [0.1, 0.15) is 22.5 Å². The number of aliphatic carboxylic acids is 1. The summed E-state index contributed by atoms with van der Waals surface area (Å²) in [6.45, 7) is 9.45. The molecule has 6 N–H and O–H groups in total. The highest BCUT2D eigenvalue weighted by atomic mass is 35.5. The number of carboxylic acid groups (broad SMARTS) is 1. The van der Waals surface area contributed by atoms with Gasteiger partial charge in [-0.2, -0.15) is 0 Å². The summed E-state index contributed by atoms with van der Waals surface area (Å²) in [5.74, 6) is 0.0760. The fourth-order valence-corrected chi connectivity index (χ4v) is 4.91. The fraction of sp³-hybridized carbons (Fsp3) is 0.440. The summed E-state index contributed by atoms with van der Waals surface area (Å²) in [7, 11) is 0. The second-order valence-corrected chi connectivity index (χ2v) is 8.98. The molecule has 0 aromatic heterocycles. The minimum Gasteiger partial charge on any atom is -0.507 e. The average Bonchev–Trinajstić information content (AvgIpc) is 2.75. The van der Waals surface area contributed by atoms with Gasteiger partial charge in [0, 0.05) is 5.56 Å². The number of aliphatic imine (C=N–C) groups is 1. The summed E-state index contributed by atoms with van der Waals surface area (Å²) in [5.41, 5.74) is 13.7. The Bertz CT molecular complexity index is 1080. The number of halogens is 1. The molecule has 2 aromatic rings. The van der Waals surface area contributed by atoms with Crippen molar-refractivity contribution in [1.82, 2.24) is 0 Å². The zero-order chi connectivity index (χ0) is 23.8. The van der Waals surface area contributed by atoms with Crippen LogP contribution in [-0.2, 0) is 17.6 Å². The first-order valence-corrected chi connectivity index (χ1v) is 10.9. The van der Waals surface area contributed by atoms with Gasteiger partial charge in [-0.25, -0.2) is 4.99 Å². The molecule has 0 saturated carbocycles. The van der Waals surface area contributed by atoms with E-state index in [0.29, 0.717) is 37.1 Å². The molecular weight excluding hydrogens is 442 g/mol. The number of nitrogens with two attached hydrogens (primary N) is 2. The van der Waals surface area contributed by atoms with Crippen LogP contribution in [0.15, 0.2) is 29.3 Å². The summed E-state index contributed by atoms with van der Waals surface area (Å²) in [6, 6.07) is 7.26. The van der Waals surface area contributed by atoms with E-state index < -0.39 is 17.0 Å². The number of benzene rings is 2. The van der Waals surface area contributed by atoms with E-state index in [9.17, 15) is 15.0 Å². The largest absolute Gasteiger partial charge is 0.507 e. The molecule has 2 aromatic carbocycles. The summed E-state index contributed by atoms with van der Waals surface area (Å²) in [5, 5.41) is 20.9. The number of hydrogen-bond acceptors (Lipinski definition) is 4. The second-order valence-electron chi connectivity index (χ2n) is 8.98. The molecule has 3 rings (SSSR count). The monoisotopic (exact) mass is 475 g/mol. The van der Waals surface area contributed by atoms with Crippen LogP contribution >= 0.6 is 12.4 Å². The van der Waals surface area contributed by atoms with Gasteiger partial charge in [-0.1, -0.05) is 19.1 Å². The number of hydrogen-bond donors (Lipinski definition) is 4. The molecule has 0 aliphatic carbocycles. The van der Waals surface area contributed by atoms with Crippen molar-refractivity contribution in [2.75, 3.05) is 0 Å². The van der Waals surface area contributed by atoms with Gasteiger partial charge in [0.2, 0.25) is 0 Å². The number of rotatable bonds is 6. The number of aromatic hydroxyl groups is 1. The molecule has 0 fully saturated rings. The van der Waals surface area contributed by atoms with E-state index in [1.54, 1.807) is 12.1 Å². The number of guanidine groups is 1. The van der Waals surface area contributed by atoms with E-state index >= 15 is 0 Å². The maximum atomic E-state index is 12.8. The van der Waals surface area contributed by atoms with Gasteiger partial charge in [-0.15, -0.1) is 12.4 Å². The third-order valence-corrected chi connectivity index (χ3v) is 7.25. The van der Waals surface area contributed by atoms with Crippen LogP contribution in [0.3, 0.4) is 0 Å². The number of fused-ring (bicyclic) bond motifs is 1. The highest BCUT2D eigenvalue weighted by molar-refractivity contribution is 5.85. The van der Waals surface area contributed by atoms with Crippen molar-refractivity contribution >= 4 is 30.0 Å². The quantitative estimate of drug-likeness (QED) is 0.360. The number of ether oxygens (including phenoxy) is 1. The topological polar surface area (TPSA) is 131 Å². The van der Waals surface area contributed by atoms with Crippen LogP contribution in [0.25, 0.3) is 0 Å². The molecule has 33 heavy (non-hydrogen) atoms. The molecule has 0 bridgehead atoms. The predicted molar refractivity (Wildman–Crippen MR) is 133 cm³/mol. The van der Waals surface area contributed by atoms with Gasteiger partial charge < -0.3 is 26.4 Å². The Morgan fingerprint density at radius 3 is 2.27 bits per heavy atom. The first-order valence-electron chi connectivity index (χ1n) is 10.9. The van der Waals surface area contributed by atoms with Gasteiger partial charge in [-0.05, 0) is 87.8 Å². The Morgan fingerprint density at radius 2 is 1.76 bits per heavy atom. The third-order valence-electron chi connectivity index (χ3n) is 7.25. The van der Waals surface area contributed by atoms with Crippen LogP contribution in [0.1, 0.15) is 54.5 Å². The summed E-state index contributed by atoms with van der Waals surface area (Å²) in [6.07, 6.45) is 1.89. The van der Waals surface area contributed by atoms with E-state index in [1.807, 2.05) is 46.8 Å². The molecule has 8 heteroatoms. The maximum Gasteiger partial charge on any atom is 0.314 e. The van der Waals surface area contributed by atoms with E-state index in [2.05, 4.69) is 4.99 Å². The van der Waals surface area contributed by atoms with Crippen LogP contribution < -0.4 is 16.2 Å². The Hall–Kier alpha value is -2.93. The number of carbonyl (C=O) groups is 1. The molecule has 1 aliphatic heterocycles. The number of carboxylic acids is 1. The zero-order valence-corrected chi connectivity index (χ0v) is 20.7. The lowest BCUT2D eigenvalue weighted by atomic mass is 9.64. The van der Waals surface area contributed by atoms with Crippen molar-refractivity contribution in [1.29, 1.82) is 0 Å². The molecule has 2 unspecified atom stereocenters. The van der Waals surface area contributed by atoms with Crippen molar-refractivity contribution in [3.8, 4) is 11.5 Å². The van der Waals surface area contributed by atoms with Crippen molar-refractivity contribution < 1.29 is 19.7 Å². The van der Waals surface area contributed by atoms with Gasteiger partial charge >= 0.3 is 5.97 Å². The van der Waals surface area contributed by atoms with Gasteiger partial charge in [0.25, 0.3) is 0 Å². The molecule has 1 aliphatic rings. The number of nitrogens with zero attached hydrogens (tertiary/aromatic N) is 1. The van der Waals surface area contributed by atoms with Gasteiger partial charge in [-0.3, -0.25) is 4.79 Å². The summed E-state index contributed by atoms with van der Waals surface area (Å²) < 4.78 is 6.59. The minimum atomic E-state index is -1.14. The Balaban J connectivity index is 0.00000385. The number of phenols is 1. The maximum absolute atomic E-state index is 12.8. The fourth-order valence-electron chi connectivity index (χ4n) is 4.91. The molecule has 7 nitrogen and oxygen atoms in total. The van der Waals surface area contributed by atoms with Crippen molar-refractivity contribution in [3.05, 3.63) is 52.1 Å². The third kappa shape index (κ3) is 4.47. The lowest BCUT2D eigenvalue weighted by Gasteiger charge is -2.48. The van der Waals surface area contributed by atoms with E-state index in [0.717, 1.165) is 27.8 Å². The van der Waals surface area contributed by atoms with Gasteiger partial charge in [0.05, 0.1) is 5.69 Å². The van der Waals surface area contributed by atoms with Crippen molar-refractivity contribution in [2.24, 2.45) is 21.9 Å². The smallest absolute Gasteiger partial charge is 0.314 e. The van der Waals surface area contributed by atoms with Crippen LogP contribution in [0.2, 0.25) is 0 Å². The standard InChI is InChI=1S/C25H33N3O4.ClH/c1-6-25(22(30)31,13-17-7-9-18(10-8-17)28-23(26)27)24(5)12-11-19-16(4)20(29)14(2)15(3)21(19)32-24;/h7-10,29H,6,11-13H2,1-5H3,(H,30,31)(H4,26,27,28);1H. The summed E-state index contributed by atoms with van der Waals surface area (Å²) >= 11 is 0. The van der Waals surface area contributed by atoms with Crippen LogP contribution in [0.4, 0.5) is 5.69 Å². The molecule has 180 valence electrons. The van der Waals surface area contributed by atoms with E-state index in [-0.39, 0.29) is 24.1 Å².